The first-order chi connectivity index (χ1) is 17.7. The molecule has 5 rings (SSSR count). The molecule has 4 atom stereocenters. The van der Waals surface area contributed by atoms with E-state index in [1.807, 2.05) is 13.0 Å². The summed E-state index contributed by atoms with van der Waals surface area (Å²) >= 11 is 0. The van der Waals surface area contributed by atoms with E-state index >= 15 is 0 Å². The van der Waals surface area contributed by atoms with E-state index in [4.69, 9.17) is 24.4 Å². The van der Waals surface area contributed by atoms with Crippen molar-refractivity contribution in [3.8, 4) is 23.0 Å². The van der Waals surface area contributed by atoms with Gasteiger partial charge in [0.05, 0.1) is 20.8 Å². The third-order valence-electron chi connectivity index (χ3n) is 8.58. The van der Waals surface area contributed by atoms with Gasteiger partial charge in [0.15, 0.2) is 11.5 Å². The molecule has 3 aliphatic rings. The van der Waals surface area contributed by atoms with Gasteiger partial charge >= 0.3 is 5.97 Å². The molecule has 2 aliphatic carbocycles. The van der Waals surface area contributed by atoms with E-state index < -0.39 is 5.97 Å². The number of nitrogens with zero attached hydrogens (tertiary/aromatic N) is 1. The molecule has 2 aromatic rings. The van der Waals surface area contributed by atoms with Crippen LogP contribution in [0.4, 0.5) is 0 Å². The molecule has 0 unspecified atom stereocenters. The maximum absolute atomic E-state index is 12.9. The number of carbonyl (C=O) groups is 2. The Labute approximate surface area is 218 Å². The number of aromatic hydroxyl groups is 1. The fourth-order valence-electron chi connectivity index (χ4n) is 6.83. The number of benzene rings is 2. The monoisotopic (exact) mass is 511 g/mol. The van der Waals surface area contributed by atoms with Crippen molar-refractivity contribution in [3.63, 3.8) is 0 Å². The Morgan fingerprint density at radius 3 is 2.51 bits per heavy atom. The van der Waals surface area contributed by atoms with Crippen LogP contribution in [0.2, 0.25) is 0 Å². The minimum absolute atomic E-state index is 0.0121. The molecule has 1 saturated heterocycles. The van der Waals surface area contributed by atoms with Crippen molar-refractivity contribution in [1.82, 2.24) is 4.90 Å². The Morgan fingerprint density at radius 1 is 1.19 bits per heavy atom. The summed E-state index contributed by atoms with van der Waals surface area (Å²) in [6.45, 7) is 5.74. The number of Topliss-reactive ketones (excluding diaryl/α,β-unsaturated/α-hetero) is 1. The summed E-state index contributed by atoms with van der Waals surface area (Å²) in [6.07, 6.45) is 3.56. The fraction of sp³-hybridized carbons (Fsp3) is 0.517. The summed E-state index contributed by atoms with van der Waals surface area (Å²) in [7, 11) is 5.60. The highest BCUT2D eigenvalue weighted by Crippen LogP contribution is 2.62. The second-order valence-electron chi connectivity index (χ2n) is 10.1. The number of carboxylic acids is 1. The van der Waals surface area contributed by atoms with Crippen molar-refractivity contribution in [1.29, 1.82) is 0 Å². The van der Waals surface area contributed by atoms with E-state index in [1.165, 1.54) is 23.3 Å². The molecule has 2 aromatic carbocycles. The molecular formula is C29H37NO7. The van der Waals surface area contributed by atoms with Gasteiger partial charge in [-0.1, -0.05) is 19.1 Å². The second kappa shape index (κ2) is 10.6. The summed E-state index contributed by atoms with van der Waals surface area (Å²) < 4.78 is 17.6. The quantitative estimate of drug-likeness (QED) is 0.612. The predicted molar refractivity (Wildman–Crippen MR) is 139 cm³/mol. The molecule has 0 aromatic heterocycles. The van der Waals surface area contributed by atoms with Gasteiger partial charge in [0.2, 0.25) is 0 Å². The lowest BCUT2D eigenvalue weighted by atomic mass is 9.48. The number of ether oxygens (including phenoxy) is 3. The van der Waals surface area contributed by atoms with Gasteiger partial charge in [-0.05, 0) is 57.8 Å². The van der Waals surface area contributed by atoms with Crippen LogP contribution < -0.4 is 14.2 Å². The molecule has 0 amide bonds. The molecule has 37 heavy (non-hydrogen) atoms. The Balaban J connectivity index is 0.000000270. The average molecular weight is 512 g/mol. The number of fused-ring (bicyclic) bond motifs is 1. The topological polar surface area (TPSA) is 106 Å². The van der Waals surface area contributed by atoms with Crippen LogP contribution in [0.1, 0.15) is 54.6 Å². The zero-order chi connectivity index (χ0) is 26.9. The summed E-state index contributed by atoms with van der Waals surface area (Å²) in [4.78, 5) is 25.6. The normalized spacial score (nSPS) is 26.2. The van der Waals surface area contributed by atoms with E-state index in [2.05, 4.69) is 18.9 Å². The Bertz CT molecular complexity index is 1180. The number of para-hydroxylation sites is 1. The Morgan fingerprint density at radius 2 is 1.92 bits per heavy atom. The summed E-state index contributed by atoms with van der Waals surface area (Å²) in [5.74, 6) is 1.90. The first-order valence-electron chi connectivity index (χ1n) is 12.9. The van der Waals surface area contributed by atoms with E-state index in [0.717, 1.165) is 37.3 Å². The molecule has 0 radical (unpaired) electrons. The van der Waals surface area contributed by atoms with Gasteiger partial charge in [0.25, 0.3) is 0 Å². The SMILES string of the molecule is CCOc1cc(OC)c(OC)c2c1C[C@@H]1[C@@H]3CCC(=O)[C@@H](C)[C@]23CCN1C.O=C(O)c1ccccc1O. The largest absolute Gasteiger partial charge is 0.507 e. The van der Waals surface area contributed by atoms with Crippen LogP contribution in [0.3, 0.4) is 0 Å². The molecule has 2 N–H and O–H groups in total. The van der Waals surface area contributed by atoms with Gasteiger partial charge in [-0.15, -0.1) is 0 Å². The van der Waals surface area contributed by atoms with Crippen LogP contribution >= 0.6 is 0 Å². The van der Waals surface area contributed by atoms with Gasteiger partial charge in [-0.25, -0.2) is 4.79 Å². The van der Waals surface area contributed by atoms with Crippen LogP contribution in [-0.4, -0.2) is 67.3 Å². The minimum Gasteiger partial charge on any atom is -0.507 e. The van der Waals surface area contributed by atoms with Crippen molar-refractivity contribution < 1.29 is 34.0 Å². The highest BCUT2D eigenvalue weighted by molar-refractivity contribution is 5.90. The molecule has 8 nitrogen and oxygen atoms in total. The second-order valence-corrected chi connectivity index (χ2v) is 10.1. The first-order valence-corrected chi connectivity index (χ1v) is 12.9. The van der Waals surface area contributed by atoms with Crippen molar-refractivity contribution >= 4 is 11.8 Å². The maximum Gasteiger partial charge on any atom is 0.339 e. The Kier molecular flexibility index (Phi) is 7.69. The number of phenols is 1. The lowest BCUT2D eigenvalue weighted by molar-refractivity contribution is -0.134. The number of carbonyl (C=O) groups excluding carboxylic acids is 1. The number of likely N-dealkylation sites (tertiary alicyclic amines) is 1. The number of methoxy groups -OCH3 is 2. The highest BCUT2D eigenvalue weighted by atomic mass is 16.5. The van der Waals surface area contributed by atoms with Crippen LogP contribution in [0.15, 0.2) is 30.3 Å². The highest BCUT2D eigenvalue weighted by Gasteiger charge is 2.60. The molecule has 2 bridgehead atoms. The lowest BCUT2D eigenvalue weighted by Gasteiger charge is -2.60. The third-order valence-corrected chi connectivity index (χ3v) is 8.58. The van der Waals surface area contributed by atoms with Crippen LogP contribution in [0, 0.1) is 11.8 Å². The predicted octanol–water partition coefficient (Wildman–Crippen LogP) is 4.31. The third kappa shape index (κ3) is 4.41. The van der Waals surface area contributed by atoms with Gasteiger partial charge in [0.1, 0.15) is 22.8 Å². The molecule has 1 aliphatic heterocycles. The van der Waals surface area contributed by atoms with Crippen LogP contribution in [0.5, 0.6) is 23.0 Å². The molecule has 1 heterocycles. The maximum atomic E-state index is 12.9. The van der Waals surface area contributed by atoms with E-state index in [1.54, 1.807) is 26.4 Å². The van der Waals surface area contributed by atoms with Gasteiger partial charge in [0, 0.05) is 41.0 Å². The number of piperidine rings is 1. The van der Waals surface area contributed by atoms with E-state index in [0.29, 0.717) is 36.5 Å². The van der Waals surface area contributed by atoms with Crippen molar-refractivity contribution in [2.24, 2.45) is 11.8 Å². The van der Waals surface area contributed by atoms with Crippen LogP contribution in [-0.2, 0) is 16.6 Å². The van der Waals surface area contributed by atoms with Crippen LogP contribution in [0.25, 0.3) is 0 Å². The number of ketones is 1. The molecular weight excluding hydrogens is 474 g/mol. The number of aromatic carboxylic acids is 1. The Hall–Kier alpha value is -3.26. The van der Waals surface area contributed by atoms with Gasteiger partial charge in [-0.3, -0.25) is 4.79 Å². The average Bonchev–Trinajstić information content (AvgIpc) is 2.89. The van der Waals surface area contributed by atoms with Gasteiger partial charge < -0.3 is 29.3 Å². The van der Waals surface area contributed by atoms with E-state index in [-0.39, 0.29) is 22.6 Å². The lowest BCUT2D eigenvalue weighted by Crippen LogP contribution is -2.64. The number of hydrogen-bond donors (Lipinski definition) is 2. The zero-order valence-electron chi connectivity index (χ0n) is 22.2. The number of hydrogen-bond acceptors (Lipinski definition) is 7. The van der Waals surface area contributed by atoms with Crippen molar-refractivity contribution in [3.05, 3.63) is 47.0 Å². The van der Waals surface area contributed by atoms with E-state index in [9.17, 15) is 9.59 Å². The summed E-state index contributed by atoms with van der Waals surface area (Å²) in [6, 6.07) is 8.22. The fourth-order valence-corrected chi connectivity index (χ4v) is 6.83. The molecule has 8 heteroatoms. The number of carboxylic acid groups (broad SMARTS) is 1. The van der Waals surface area contributed by atoms with Gasteiger partial charge in [-0.2, -0.15) is 0 Å². The standard InChI is InChI=1S/C22H31NO4.C7H6O3/c1-6-27-18-12-19(25-4)21(26-5)20-14(18)11-16-15-7-8-17(24)13(2)22(15,20)9-10-23(16)3;8-6-4-2-1-3-5(6)7(9)10/h12-13,15-16H,6-11H2,1-5H3;1-4,8H,(H,9,10)/t13-,15+,16-,22+;/m1./s1. The molecule has 0 spiro atoms. The minimum atomic E-state index is -1.11. The zero-order valence-corrected chi connectivity index (χ0v) is 22.2. The van der Waals surface area contributed by atoms with Crippen molar-refractivity contribution in [2.75, 3.05) is 34.4 Å². The number of likely N-dealkylation sites (N-methyl/N-ethyl adjacent to an activating group) is 1. The molecule has 1 saturated carbocycles. The molecule has 2 fully saturated rings. The smallest absolute Gasteiger partial charge is 0.339 e. The number of rotatable bonds is 5. The van der Waals surface area contributed by atoms with Crippen molar-refractivity contribution in [2.45, 2.75) is 51.0 Å². The first kappa shape index (κ1) is 26.8. The summed E-state index contributed by atoms with van der Waals surface area (Å²) in [5.41, 5.74) is 2.14. The summed E-state index contributed by atoms with van der Waals surface area (Å²) in [5, 5.41) is 17.3. The molecule has 200 valence electrons.